The van der Waals surface area contributed by atoms with Gasteiger partial charge in [0.05, 0.1) is 22.5 Å². The normalized spacial score (nSPS) is 10.8. The molecule has 222 valence electrons. The van der Waals surface area contributed by atoms with Gasteiger partial charge in [-0.3, -0.25) is 9.59 Å². The van der Waals surface area contributed by atoms with Crippen LogP contribution in [0.2, 0.25) is 0 Å². The van der Waals surface area contributed by atoms with Gasteiger partial charge in [-0.2, -0.15) is 10.2 Å². The summed E-state index contributed by atoms with van der Waals surface area (Å²) in [5.41, 5.74) is 6.98. The van der Waals surface area contributed by atoms with E-state index in [1.807, 2.05) is 0 Å². The quantitative estimate of drug-likeness (QED) is 0.0982. The van der Waals surface area contributed by atoms with Gasteiger partial charge in [0.15, 0.2) is 0 Å². The second-order valence-electron chi connectivity index (χ2n) is 8.55. The van der Waals surface area contributed by atoms with Crippen molar-refractivity contribution in [2.45, 2.75) is 6.92 Å². The molecule has 0 aromatic heterocycles. The number of phenolic OH excluding ortho intramolecular Hbond substituents is 3. The molecule has 4 aromatic rings. The summed E-state index contributed by atoms with van der Waals surface area (Å²) in [6, 6.07) is 18.4. The summed E-state index contributed by atoms with van der Waals surface area (Å²) in [6.07, 6.45) is 2.71. The number of carbonyl (C=O) groups excluding carboxylic acids is 2. The van der Waals surface area contributed by atoms with Gasteiger partial charge in [-0.15, -0.1) is 0 Å². The molecule has 4 aromatic carbocycles. The molecular formula is C29H21Br5N4O5. The van der Waals surface area contributed by atoms with E-state index in [2.05, 4.69) is 101 Å². The zero-order valence-electron chi connectivity index (χ0n) is 21.9. The second-order valence-corrected chi connectivity index (χ2v) is 13.1. The Morgan fingerprint density at radius 3 is 1.88 bits per heavy atom. The topological polar surface area (TPSA) is 144 Å². The lowest BCUT2D eigenvalue weighted by molar-refractivity contribution is 0.0945. The lowest BCUT2D eigenvalue weighted by Crippen LogP contribution is -2.18. The van der Waals surface area contributed by atoms with Gasteiger partial charge in [0.25, 0.3) is 11.8 Å². The molecule has 0 saturated heterocycles. The van der Waals surface area contributed by atoms with Gasteiger partial charge >= 0.3 is 0 Å². The van der Waals surface area contributed by atoms with Crippen LogP contribution < -0.4 is 10.9 Å². The Balaban J connectivity index is 0.000000236. The van der Waals surface area contributed by atoms with Crippen LogP contribution in [0.1, 0.15) is 37.4 Å². The van der Waals surface area contributed by atoms with Gasteiger partial charge < -0.3 is 15.3 Å². The highest BCUT2D eigenvalue weighted by atomic mass is 79.9. The molecule has 5 N–H and O–H groups in total. The number of nitrogens with one attached hydrogen (secondary N) is 2. The number of phenols is 3. The van der Waals surface area contributed by atoms with Crippen molar-refractivity contribution in [3.05, 3.63) is 117 Å². The summed E-state index contributed by atoms with van der Waals surface area (Å²) < 4.78 is 3.53. The highest BCUT2D eigenvalue weighted by Gasteiger charge is 2.14. The maximum atomic E-state index is 12.0. The lowest BCUT2D eigenvalue weighted by Gasteiger charge is -2.06. The molecule has 2 amide bonds. The van der Waals surface area contributed by atoms with Crippen molar-refractivity contribution in [3.8, 4) is 17.2 Å². The molecule has 0 radical (unpaired) electrons. The van der Waals surface area contributed by atoms with Crippen molar-refractivity contribution < 1.29 is 24.9 Å². The Kier molecular flexibility index (Phi) is 12.9. The van der Waals surface area contributed by atoms with Gasteiger partial charge in [-0.05, 0) is 95.1 Å². The van der Waals surface area contributed by atoms with Crippen LogP contribution in [0, 0.1) is 6.92 Å². The minimum Gasteiger partial charge on any atom is -0.507 e. The fraction of sp³-hybridized carbons (Fsp3) is 0.0345. The average molecular weight is 905 g/mol. The predicted octanol–water partition coefficient (Wildman–Crippen LogP) is 8.14. The summed E-state index contributed by atoms with van der Waals surface area (Å²) in [6.45, 7) is 1.79. The second kappa shape index (κ2) is 16.1. The van der Waals surface area contributed by atoms with E-state index in [-0.39, 0.29) is 28.7 Å². The Hall–Kier alpha value is -3.04. The van der Waals surface area contributed by atoms with E-state index in [0.717, 1.165) is 19.0 Å². The van der Waals surface area contributed by atoms with Crippen LogP contribution in [0.4, 0.5) is 0 Å². The van der Waals surface area contributed by atoms with Crippen molar-refractivity contribution in [1.29, 1.82) is 0 Å². The molecule has 0 bridgehead atoms. The number of halogens is 5. The van der Waals surface area contributed by atoms with Crippen molar-refractivity contribution in [2.24, 2.45) is 10.2 Å². The fourth-order valence-electron chi connectivity index (χ4n) is 3.27. The first-order chi connectivity index (χ1) is 20.3. The lowest BCUT2D eigenvalue weighted by atomic mass is 10.1. The zero-order valence-corrected chi connectivity index (χ0v) is 29.9. The molecule has 0 aliphatic carbocycles. The summed E-state index contributed by atoms with van der Waals surface area (Å²) in [7, 11) is 0. The smallest absolute Gasteiger partial charge is 0.275 e. The predicted molar refractivity (Wildman–Crippen MR) is 184 cm³/mol. The third kappa shape index (κ3) is 10.3. The number of rotatable bonds is 6. The average Bonchev–Trinajstić information content (AvgIpc) is 2.95. The van der Waals surface area contributed by atoms with E-state index in [1.54, 1.807) is 61.5 Å². The molecule has 9 nitrogen and oxygen atoms in total. The van der Waals surface area contributed by atoms with Gasteiger partial charge in [-0.25, -0.2) is 10.9 Å². The minimum absolute atomic E-state index is 0.0363. The largest absolute Gasteiger partial charge is 0.507 e. The first-order valence-corrected chi connectivity index (χ1v) is 15.9. The van der Waals surface area contributed by atoms with Crippen LogP contribution in [-0.4, -0.2) is 39.6 Å². The Bertz CT molecular complexity index is 1710. The van der Waals surface area contributed by atoms with E-state index >= 15 is 0 Å². The molecule has 0 saturated carbocycles. The van der Waals surface area contributed by atoms with E-state index < -0.39 is 5.91 Å². The number of nitrogens with zero attached hydrogens (tertiary/aromatic N) is 2. The Morgan fingerprint density at radius 2 is 1.21 bits per heavy atom. The van der Waals surface area contributed by atoms with Crippen LogP contribution >= 0.6 is 79.6 Å². The summed E-state index contributed by atoms with van der Waals surface area (Å²) in [5.74, 6) is -0.898. The number of amides is 2. The number of hydrazone groups is 2. The van der Waals surface area contributed by atoms with E-state index in [9.17, 15) is 24.9 Å². The molecule has 0 spiro atoms. The van der Waals surface area contributed by atoms with Crippen molar-refractivity contribution in [1.82, 2.24) is 10.9 Å². The van der Waals surface area contributed by atoms with Crippen LogP contribution in [0.3, 0.4) is 0 Å². The third-order valence-corrected chi connectivity index (χ3v) is 7.95. The van der Waals surface area contributed by atoms with Crippen LogP contribution in [0.25, 0.3) is 0 Å². The van der Waals surface area contributed by atoms with Crippen LogP contribution in [-0.2, 0) is 0 Å². The third-order valence-electron chi connectivity index (χ3n) is 5.40. The number of hydrogen-bond donors (Lipinski definition) is 5. The molecular weight excluding hydrogens is 884 g/mol. The van der Waals surface area contributed by atoms with E-state index in [0.29, 0.717) is 25.6 Å². The molecule has 0 atom stereocenters. The number of hydrogen-bond acceptors (Lipinski definition) is 7. The fourth-order valence-corrected chi connectivity index (χ4v) is 5.73. The van der Waals surface area contributed by atoms with Crippen molar-refractivity contribution >= 4 is 104 Å². The van der Waals surface area contributed by atoms with Crippen molar-refractivity contribution in [3.63, 3.8) is 0 Å². The molecule has 0 aliphatic rings. The zero-order chi connectivity index (χ0) is 31.7. The van der Waals surface area contributed by atoms with E-state index in [4.69, 9.17) is 0 Å². The van der Waals surface area contributed by atoms with Gasteiger partial charge in [0, 0.05) is 34.6 Å². The first kappa shape index (κ1) is 34.5. The molecule has 0 heterocycles. The first-order valence-electron chi connectivity index (χ1n) is 11.9. The van der Waals surface area contributed by atoms with Gasteiger partial charge in [0.2, 0.25) is 0 Å². The minimum atomic E-state index is -0.578. The van der Waals surface area contributed by atoms with E-state index in [1.165, 1.54) is 24.6 Å². The maximum Gasteiger partial charge on any atom is 0.275 e. The van der Waals surface area contributed by atoms with Crippen LogP contribution in [0.5, 0.6) is 17.2 Å². The monoisotopic (exact) mass is 900 g/mol. The summed E-state index contributed by atoms with van der Waals surface area (Å²) in [4.78, 5) is 23.9. The Labute approximate surface area is 288 Å². The van der Waals surface area contributed by atoms with Crippen molar-refractivity contribution in [2.75, 3.05) is 0 Å². The highest BCUT2D eigenvalue weighted by molar-refractivity contribution is 9.11. The molecule has 14 heteroatoms. The van der Waals surface area contributed by atoms with Gasteiger partial charge in [0.1, 0.15) is 17.2 Å². The number of benzene rings is 4. The molecule has 0 unspecified atom stereocenters. The standard InChI is InChI=1S/C15H12Br2N2O2.C14H9Br3N2O3/c1-9-6-13(17)7-11(14(9)20)8-18-19-15(21)10-2-4-12(16)5-3-10;15-8-1-2-12(20)7(3-8)6-18-19-14(22)10-4-9(16)5-11(17)13(10)21/h2-8,20H,1H3,(H,19,21);1-6,20-21H,(H,19,22)/b18-8+;18-6+. The summed E-state index contributed by atoms with van der Waals surface area (Å²) >= 11 is 16.3. The van der Waals surface area contributed by atoms with Gasteiger partial charge in [-0.1, -0.05) is 63.7 Å². The molecule has 43 heavy (non-hydrogen) atoms. The molecule has 0 aliphatic heterocycles. The maximum absolute atomic E-state index is 12.0. The summed E-state index contributed by atoms with van der Waals surface area (Å²) in [5, 5.41) is 37.1. The number of aromatic hydroxyl groups is 3. The number of carbonyl (C=O) groups is 2. The van der Waals surface area contributed by atoms with Crippen LogP contribution in [0.15, 0.2) is 99.3 Å². The number of aryl methyl sites for hydroxylation is 1. The SMILES string of the molecule is Cc1cc(Br)cc(/C=N/NC(=O)c2ccc(Br)cc2)c1O.O=C(N/N=C/c1cc(Br)ccc1O)c1cc(Br)cc(Br)c1O. The molecule has 4 rings (SSSR count). The highest BCUT2D eigenvalue weighted by Crippen LogP contribution is 2.31. The Morgan fingerprint density at radius 1 is 0.651 bits per heavy atom. The molecule has 0 fully saturated rings.